The minimum Gasteiger partial charge on any atom is -0.497 e. The number of hydrogen-bond acceptors (Lipinski definition) is 4. The first-order chi connectivity index (χ1) is 12.2. The highest BCUT2D eigenvalue weighted by Gasteiger charge is 2.33. The number of ether oxygens (including phenoxy) is 1. The van der Waals surface area contributed by atoms with E-state index >= 15 is 0 Å². The number of rotatable bonds is 6. The summed E-state index contributed by atoms with van der Waals surface area (Å²) in [5, 5.41) is 9.79. The van der Waals surface area contributed by atoms with Gasteiger partial charge in [0.05, 0.1) is 7.11 Å². The Balaban J connectivity index is 1.58. The lowest BCUT2D eigenvalue weighted by Crippen LogP contribution is -2.34. The van der Waals surface area contributed by atoms with E-state index in [0.717, 1.165) is 19.6 Å². The second-order valence-corrected chi connectivity index (χ2v) is 7.57. The lowest BCUT2D eigenvalue weighted by Gasteiger charge is -2.26. The molecule has 0 saturated carbocycles. The molecule has 25 heavy (non-hydrogen) atoms. The maximum Gasteiger partial charge on any atom is 0.131 e. The molecule has 0 aromatic heterocycles. The van der Waals surface area contributed by atoms with Crippen LogP contribution in [0.1, 0.15) is 31.2 Å². The van der Waals surface area contributed by atoms with Gasteiger partial charge >= 0.3 is 0 Å². The molecular formula is C20H31FN2O2. The summed E-state index contributed by atoms with van der Waals surface area (Å²) in [6, 6.07) is 5.07. The molecule has 0 amide bonds. The maximum atomic E-state index is 14.2. The van der Waals surface area contributed by atoms with Crippen LogP contribution in [0.3, 0.4) is 0 Å². The highest BCUT2D eigenvalue weighted by atomic mass is 19.1. The SMILES string of the molecule is COc1ccc(CN2C[C@@H](CN3CCCCCC3)[C@@H](CO)C2)c(F)c1. The molecule has 5 heteroatoms. The van der Waals surface area contributed by atoms with Crippen LogP contribution < -0.4 is 4.74 Å². The van der Waals surface area contributed by atoms with Crippen molar-refractivity contribution in [2.75, 3.05) is 46.4 Å². The smallest absolute Gasteiger partial charge is 0.131 e. The van der Waals surface area contributed by atoms with Crippen molar-refractivity contribution in [2.45, 2.75) is 32.2 Å². The topological polar surface area (TPSA) is 35.9 Å². The van der Waals surface area contributed by atoms with E-state index in [1.165, 1.54) is 44.8 Å². The van der Waals surface area contributed by atoms with Gasteiger partial charge in [0.2, 0.25) is 0 Å². The van der Waals surface area contributed by atoms with E-state index < -0.39 is 0 Å². The lowest BCUT2D eigenvalue weighted by molar-refractivity contribution is 0.165. The van der Waals surface area contributed by atoms with E-state index in [-0.39, 0.29) is 12.4 Å². The Bertz CT molecular complexity index is 546. The largest absolute Gasteiger partial charge is 0.497 e. The number of hydrogen-bond donors (Lipinski definition) is 1. The fraction of sp³-hybridized carbons (Fsp3) is 0.700. The zero-order valence-corrected chi connectivity index (χ0v) is 15.3. The van der Waals surface area contributed by atoms with Gasteiger partial charge in [-0.05, 0) is 43.8 Å². The number of nitrogens with zero attached hydrogens (tertiary/aromatic N) is 2. The summed E-state index contributed by atoms with van der Waals surface area (Å²) in [5.74, 6) is 1.11. The number of methoxy groups -OCH3 is 1. The number of halogens is 1. The summed E-state index contributed by atoms with van der Waals surface area (Å²) < 4.78 is 19.3. The zero-order chi connectivity index (χ0) is 17.6. The van der Waals surface area contributed by atoms with Crippen molar-refractivity contribution < 1.29 is 14.2 Å². The van der Waals surface area contributed by atoms with Gasteiger partial charge in [0.25, 0.3) is 0 Å². The van der Waals surface area contributed by atoms with Crippen molar-refractivity contribution in [1.29, 1.82) is 0 Å². The Labute approximate surface area is 150 Å². The Hall–Kier alpha value is -1.17. The van der Waals surface area contributed by atoms with Gasteiger partial charge in [0, 0.05) is 44.4 Å². The fourth-order valence-corrected chi connectivity index (χ4v) is 4.25. The third-order valence-corrected chi connectivity index (χ3v) is 5.73. The number of likely N-dealkylation sites (tertiary alicyclic amines) is 2. The van der Waals surface area contributed by atoms with Crippen LogP contribution in [-0.4, -0.2) is 61.3 Å². The third-order valence-electron chi connectivity index (χ3n) is 5.73. The molecule has 2 saturated heterocycles. The molecule has 1 N–H and O–H groups in total. The van der Waals surface area contributed by atoms with Gasteiger partial charge in [-0.25, -0.2) is 4.39 Å². The first-order valence-corrected chi connectivity index (χ1v) is 9.57. The van der Waals surface area contributed by atoms with Crippen molar-refractivity contribution >= 4 is 0 Å². The van der Waals surface area contributed by atoms with Gasteiger partial charge < -0.3 is 14.7 Å². The lowest BCUT2D eigenvalue weighted by atomic mass is 9.96. The molecule has 2 atom stereocenters. The summed E-state index contributed by atoms with van der Waals surface area (Å²) in [5.41, 5.74) is 0.702. The van der Waals surface area contributed by atoms with Crippen LogP contribution in [0.4, 0.5) is 4.39 Å². The van der Waals surface area contributed by atoms with E-state index in [0.29, 0.717) is 29.7 Å². The number of aliphatic hydroxyl groups excluding tert-OH is 1. The molecule has 1 aromatic rings. The predicted molar refractivity (Wildman–Crippen MR) is 97.2 cm³/mol. The highest BCUT2D eigenvalue weighted by Crippen LogP contribution is 2.27. The van der Waals surface area contributed by atoms with Crippen LogP contribution in [0.5, 0.6) is 5.75 Å². The minimum atomic E-state index is -0.212. The summed E-state index contributed by atoms with van der Waals surface area (Å²) in [4.78, 5) is 4.85. The van der Waals surface area contributed by atoms with Crippen molar-refractivity contribution in [1.82, 2.24) is 9.80 Å². The van der Waals surface area contributed by atoms with Gasteiger partial charge in [-0.15, -0.1) is 0 Å². The molecule has 0 aliphatic carbocycles. The van der Waals surface area contributed by atoms with Crippen molar-refractivity contribution in [2.24, 2.45) is 11.8 Å². The molecule has 0 spiro atoms. The molecule has 2 aliphatic heterocycles. The molecule has 140 valence electrons. The Morgan fingerprint density at radius 3 is 2.44 bits per heavy atom. The fourth-order valence-electron chi connectivity index (χ4n) is 4.25. The third kappa shape index (κ3) is 4.93. The van der Waals surface area contributed by atoms with Crippen LogP contribution >= 0.6 is 0 Å². The predicted octanol–water partition coefficient (Wildman–Crippen LogP) is 2.75. The maximum absolute atomic E-state index is 14.2. The molecule has 0 unspecified atom stereocenters. The summed E-state index contributed by atoms with van der Waals surface area (Å²) in [7, 11) is 1.55. The van der Waals surface area contributed by atoms with Gasteiger partial charge in [-0.2, -0.15) is 0 Å². The molecule has 3 rings (SSSR count). The quantitative estimate of drug-likeness (QED) is 0.856. The molecule has 1 aromatic carbocycles. The molecular weight excluding hydrogens is 319 g/mol. The molecule has 4 nitrogen and oxygen atoms in total. The van der Waals surface area contributed by atoms with Crippen LogP contribution in [0.25, 0.3) is 0 Å². The Kier molecular flexibility index (Phi) is 6.68. The van der Waals surface area contributed by atoms with Gasteiger partial charge in [0.1, 0.15) is 11.6 Å². The Morgan fingerprint density at radius 1 is 1.08 bits per heavy atom. The Morgan fingerprint density at radius 2 is 1.80 bits per heavy atom. The van der Waals surface area contributed by atoms with E-state index in [9.17, 15) is 9.50 Å². The zero-order valence-electron chi connectivity index (χ0n) is 15.3. The summed E-state index contributed by atoms with van der Waals surface area (Å²) in [6.45, 7) is 6.03. The molecule has 2 fully saturated rings. The second-order valence-electron chi connectivity index (χ2n) is 7.57. The van der Waals surface area contributed by atoms with E-state index in [1.54, 1.807) is 7.11 Å². The summed E-state index contributed by atoms with van der Waals surface area (Å²) >= 11 is 0. The standard InChI is InChI=1S/C20H31FN2O2/c1-25-19-7-6-16(20(21)10-19)11-23-13-17(18(14-23)15-24)12-22-8-4-2-3-5-9-22/h6-7,10,17-18,24H,2-5,8-9,11-15H2,1H3/t17-,18-/m1/s1. The van der Waals surface area contributed by atoms with Gasteiger partial charge in [-0.3, -0.25) is 4.90 Å². The van der Waals surface area contributed by atoms with Crippen LogP contribution in [0, 0.1) is 17.7 Å². The first kappa shape index (κ1) is 18.6. The van der Waals surface area contributed by atoms with E-state index in [2.05, 4.69) is 9.80 Å². The average Bonchev–Trinajstić information content (AvgIpc) is 2.81. The number of benzene rings is 1. The minimum absolute atomic E-state index is 0.212. The van der Waals surface area contributed by atoms with Gasteiger partial charge in [-0.1, -0.05) is 18.9 Å². The summed E-state index contributed by atoms with van der Waals surface area (Å²) in [6.07, 6.45) is 5.26. The molecule has 0 radical (unpaired) electrons. The van der Waals surface area contributed by atoms with Crippen LogP contribution in [-0.2, 0) is 6.54 Å². The van der Waals surface area contributed by atoms with Crippen molar-refractivity contribution in [3.63, 3.8) is 0 Å². The van der Waals surface area contributed by atoms with Crippen LogP contribution in [0.2, 0.25) is 0 Å². The molecule has 2 aliphatic rings. The van der Waals surface area contributed by atoms with Gasteiger partial charge in [0.15, 0.2) is 0 Å². The van der Waals surface area contributed by atoms with E-state index in [4.69, 9.17) is 4.74 Å². The van der Waals surface area contributed by atoms with Crippen LogP contribution in [0.15, 0.2) is 18.2 Å². The molecule has 2 heterocycles. The van der Waals surface area contributed by atoms with E-state index in [1.807, 2.05) is 12.1 Å². The first-order valence-electron chi connectivity index (χ1n) is 9.57. The second kappa shape index (κ2) is 8.97. The van der Waals surface area contributed by atoms with Crippen molar-refractivity contribution in [3.05, 3.63) is 29.6 Å². The average molecular weight is 350 g/mol. The highest BCUT2D eigenvalue weighted by molar-refractivity contribution is 5.28. The number of aliphatic hydroxyl groups is 1. The van der Waals surface area contributed by atoms with Crippen molar-refractivity contribution in [3.8, 4) is 5.75 Å². The normalized spacial score (nSPS) is 25.9. The molecule has 0 bridgehead atoms. The monoisotopic (exact) mass is 350 g/mol.